The Labute approximate surface area is 192 Å². The van der Waals surface area contributed by atoms with E-state index in [0.29, 0.717) is 23.2 Å². The van der Waals surface area contributed by atoms with Crippen molar-refractivity contribution in [3.63, 3.8) is 0 Å². The fourth-order valence-corrected chi connectivity index (χ4v) is 4.19. The molecule has 1 amide bonds. The van der Waals surface area contributed by atoms with Crippen LogP contribution in [0.1, 0.15) is 39.0 Å². The van der Waals surface area contributed by atoms with Crippen LogP contribution in [0.2, 0.25) is 0 Å². The van der Waals surface area contributed by atoms with Crippen LogP contribution >= 0.6 is 11.8 Å². The van der Waals surface area contributed by atoms with Gasteiger partial charge in [-0.25, -0.2) is 0 Å². The minimum Gasteiger partial charge on any atom is -0.447 e. The van der Waals surface area contributed by atoms with Gasteiger partial charge in [0.25, 0.3) is 0 Å². The molecule has 0 aliphatic carbocycles. The van der Waals surface area contributed by atoms with Crippen molar-refractivity contribution in [2.24, 2.45) is 0 Å². The van der Waals surface area contributed by atoms with Crippen molar-refractivity contribution < 1.29 is 9.53 Å². The number of aromatic nitrogens is 3. The summed E-state index contributed by atoms with van der Waals surface area (Å²) in [5, 5.41) is 9.12. The van der Waals surface area contributed by atoms with Crippen LogP contribution in [0.3, 0.4) is 0 Å². The van der Waals surface area contributed by atoms with E-state index in [1.807, 2.05) is 49.6 Å². The molecule has 0 radical (unpaired) electrons. The number of ether oxygens (including phenoxy) is 1. The van der Waals surface area contributed by atoms with Crippen LogP contribution in [0.25, 0.3) is 11.3 Å². The van der Waals surface area contributed by atoms with E-state index in [4.69, 9.17) is 4.74 Å². The van der Waals surface area contributed by atoms with Gasteiger partial charge >= 0.3 is 0 Å². The molecule has 0 bridgehead atoms. The summed E-state index contributed by atoms with van der Waals surface area (Å²) in [6.07, 6.45) is 1.57. The Kier molecular flexibility index (Phi) is 6.60. The van der Waals surface area contributed by atoms with Gasteiger partial charge in [-0.1, -0.05) is 49.0 Å². The first-order valence-corrected chi connectivity index (χ1v) is 12.0. The molecule has 1 atom stereocenters. The predicted molar refractivity (Wildman–Crippen MR) is 128 cm³/mol. The van der Waals surface area contributed by atoms with Crippen molar-refractivity contribution in [3.8, 4) is 17.1 Å². The summed E-state index contributed by atoms with van der Waals surface area (Å²) >= 11 is 1.40. The zero-order valence-electron chi connectivity index (χ0n) is 18.8. The second-order valence-electron chi connectivity index (χ2n) is 7.32. The van der Waals surface area contributed by atoms with Crippen molar-refractivity contribution in [1.29, 1.82) is 0 Å². The number of carbonyl (C=O) groups is 1. The van der Waals surface area contributed by atoms with Gasteiger partial charge in [0, 0.05) is 36.3 Å². The molecule has 0 saturated heterocycles. The molecule has 1 aromatic heterocycles. The third-order valence-corrected chi connectivity index (χ3v) is 6.11. The van der Waals surface area contributed by atoms with Gasteiger partial charge in [-0.15, -0.1) is 10.2 Å². The van der Waals surface area contributed by atoms with Crippen molar-refractivity contribution in [3.05, 3.63) is 54.1 Å². The topological polar surface area (TPSA) is 71.5 Å². The van der Waals surface area contributed by atoms with E-state index in [0.717, 1.165) is 35.6 Å². The van der Waals surface area contributed by atoms with Crippen LogP contribution in [0.4, 0.5) is 11.4 Å². The lowest BCUT2D eigenvalue weighted by Gasteiger charge is -2.31. The summed E-state index contributed by atoms with van der Waals surface area (Å²) in [6.45, 7) is 7.98. The predicted octanol–water partition coefficient (Wildman–Crippen LogP) is 4.94. The highest BCUT2D eigenvalue weighted by Crippen LogP contribution is 2.43. The zero-order valence-corrected chi connectivity index (χ0v) is 19.6. The maximum Gasteiger partial charge on any atom is 0.247 e. The molecule has 166 valence electrons. The Bertz CT molecular complexity index is 1100. The smallest absolute Gasteiger partial charge is 0.247 e. The number of thioether (sulfide) groups is 1. The van der Waals surface area contributed by atoms with Gasteiger partial charge in [0.05, 0.1) is 5.69 Å². The number of amides is 1. The fraction of sp³-hybridized carbons (Fsp3) is 0.333. The fourth-order valence-electron chi connectivity index (χ4n) is 3.90. The average molecular weight is 450 g/mol. The lowest BCUT2D eigenvalue weighted by molar-refractivity contribution is -0.120. The molecular formula is C24H27N5O2S. The Hall–Kier alpha value is -3.13. The Morgan fingerprint density at radius 3 is 2.44 bits per heavy atom. The van der Waals surface area contributed by atoms with E-state index in [2.05, 4.69) is 46.1 Å². The number of hydrogen-bond acceptors (Lipinski definition) is 7. The number of benzene rings is 2. The number of carbonyl (C=O) groups excluding carboxylic acids is 1. The number of rotatable bonds is 6. The average Bonchev–Trinajstić information content (AvgIpc) is 2.99. The third kappa shape index (κ3) is 4.02. The third-order valence-electron chi connectivity index (χ3n) is 5.57. The first-order valence-electron chi connectivity index (χ1n) is 10.8. The van der Waals surface area contributed by atoms with E-state index >= 15 is 0 Å². The molecule has 1 aliphatic rings. The highest BCUT2D eigenvalue weighted by molar-refractivity contribution is 7.98. The molecule has 0 N–H and O–H groups in total. The molecule has 32 heavy (non-hydrogen) atoms. The molecule has 4 rings (SSSR count). The molecule has 1 unspecified atom stereocenters. The van der Waals surface area contributed by atoms with Crippen LogP contribution in [0.5, 0.6) is 5.88 Å². The van der Waals surface area contributed by atoms with Crippen molar-refractivity contribution in [2.45, 2.75) is 38.6 Å². The van der Waals surface area contributed by atoms with Gasteiger partial charge in [-0.2, -0.15) is 4.98 Å². The Morgan fingerprint density at radius 1 is 1.06 bits per heavy atom. The zero-order chi connectivity index (χ0) is 22.7. The number of para-hydroxylation sites is 1. The summed E-state index contributed by atoms with van der Waals surface area (Å²) < 4.78 is 6.42. The minimum atomic E-state index is -0.665. The van der Waals surface area contributed by atoms with E-state index in [1.54, 1.807) is 4.90 Å². The van der Waals surface area contributed by atoms with Crippen LogP contribution in [0.15, 0.2) is 53.7 Å². The monoisotopic (exact) mass is 449 g/mol. The van der Waals surface area contributed by atoms with Gasteiger partial charge in [0.15, 0.2) is 5.69 Å². The molecule has 7 nitrogen and oxygen atoms in total. The van der Waals surface area contributed by atoms with E-state index in [1.165, 1.54) is 11.8 Å². The van der Waals surface area contributed by atoms with Gasteiger partial charge in [-0.05, 0) is 38.3 Å². The first kappa shape index (κ1) is 22.1. The maximum atomic E-state index is 13.2. The van der Waals surface area contributed by atoms with Crippen LogP contribution < -0.4 is 14.5 Å². The maximum absolute atomic E-state index is 13.2. The quantitative estimate of drug-likeness (QED) is 0.494. The number of nitrogens with zero attached hydrogens (tertiary/aromatic N) is 5. The van der Waals surface area contributed by atoms with E-state index < -0.39 is 6.23 Å². The molecule has 0 saturated carbocycles. The molecule has 0 fully saturated rings. The summed E-state index contributed by atoms with van der Waals surface area (Å²) in [5.41, 5.74) is 4.06. The second kappa shape index (κ2) is 9.56. The first-order chi connectivity index (χ1) is 15.6. The van der Waals surface area contributed by atoms with Crippen LogP contribution in [0, 0.1) is 0 Å². The van der Waals surface area contributed by atoms with Gasteiger partial charge in [0.1, 0.15) is 0 Å². The molecule has 1 aliphatic heterocycles. The highest BCUT2D eigenvalue weighted by Gasteiger charge is 2.35. The summed E-state index contributed by atoms with van der Waals surface area (Å²) in [4.78, 5) is 21.8. The van der Waals surface area contributed by atoms with Crippen molar-refractivity contribution >= 4 is 29.0 Å². The molecule has 8 heteroatoms. The molecule has 0 spiro atoms. The Balaban J connectivity index is 1.87. The standard InChI is InChI=1S/C24H27N5O2S/c1-5-20(30)29-19-11-9-8-10-18(19)21-22(25-24(32-4)27-26-21)31-23(29)16-12-14-17(15-13-16)28(6-2)7-3/h8-15,23H,5-7H2,1-4H3. The molecule has 3 aromatic rings. The minimum absolute atomic E-state index is 0.0406. The largest absolute Gasteiger partial charge is 0.447 e. The lowest BCUT2D eigenvalue weighted by atomic mass is 10.1. The normalized spacial score (nSPS) is 14.8. The van der Waals surface area contributed by atoms with Gasteiger partial charge in [-0.3, -0.25) is 9.69 Å². The van der Waals surface area contributed by atoms with E-state index in [-0.39, 0.29) is 5.91 Å². The number of anilines is 2. The van der Waals surface area contributed by atoms with Crippen molar-refractivity contribution in [2.75, 3.05) is 29.1 Å². The SMILES string of the molecule is CCC(=O)N1c2ccccc2-c2nnc(SC)nc2OC1c1ccc(N(CC)CC)cc1. The van der Waals surface area contributed by atoms with Crippen molar-refractivity contribution in [1.82, 2.24) is 15.2 Å². The van der Waals surface area contributed by atoms with E-state index in [9.17, 15) is 4.79 Å². The molecule has 2 heterocycles. The van der Waals surface area contributed by atoms with Crippen LogP contribution in [-0.2, 0) is 4.79 Å². The summed E-state index contributed by atoms with van der Waals surface area (Å²) in [6, 6.07) is 15.9. The van der Waals surface area contributed by atoms with Crippen LogP contribution in [-0.4, -0.2) is 40.4 Å². The molecular weight excluding hydrogens is 422 g/mol. The summed E-state index contributed by atoms with van der Waals surface area (Å²) in [7, 11) is 0. The number of fused-ring (bicyclic) bond motifs is 3. The Morgan fingerprint density at radius 2 is 1.78 bits per heavy atom. The number of hydrogen-bond donors (Lipinski definition) is 0. The second-order valence-corrected chi connectivity index (χ2v) is 8.09. The summed E-state index contributed by atoms with van der Waals surface area (Å²) in [5.74, 6) is 0.335. The lowest BCUT2D eigenvalue weighted by Crippen LogP contribution is -2.37. The highest BCUT2D eigenvalue weighted by atomic mass is 32.2. The molecule has 2 aromatic carbocycles. The van der Waals surface area contributed by atoms with Gasteiger partial charge < -0.3 is 9.64 Å². The van der Waals surface area contributed by atoms with Gasteiger partial charge in [0.2, 0.25) is 23.2 Å².